The predicted molar refractivity (Wildman–Crippen MR) is 89.5 cm³/mol. The van der Waals surface area contributed by atoms with E-state index in [0.717, 1.165) is 26.1 Å². The van der Waals surface area contributed by atoms with Crippen LogP contribution in [-0.4, -0.2) is 50.7 Å². The van der Waals surface area contributed by atoms with E-state index in [4.69, 9.17) is 4.74 Å². The molecule has 1 aliphatic heterocycles. The van der Waals surface area contributed by atoms with E-state index in [2.05, 4.69) is 40.6 Å². The molecule has 1 heterocycles. The highest BCUT2D eigenvalue weighted by Gasteiger charge is 2.11. The summed E-state index contributed by atoms with van der Waals surface area (Å²) in [5.41, 5.74) is 2.49. The molecule has 1 aromatic carbocycles. The molecule has 2 rings (SSSR count). The number of nitrogens with one attached hydrogen (secondary N) is 1. The summed E-state index contributed by atoms with van der Waals surface area (Å²) in [7, 11) is 1.53. The van der Waals surface area contributed by atoms with E-state index in [0.29, 0.717) is 6.54 Å². The smallest absolute Gasteiger partial charge is 0.246 e. The molecule has 0 unspecified atom stereocenters. The molecule has 0 saturated heterocycles. The van der Waals surface area contributed by atoms with Gasteiger partial charge in [0, 0.05) is 33.3 Å². The Morgan fingerprint density at radius 1 is 1.36 bits per heavy atom. The highest BCUT2D eigenvalue weighted by Crippen LogP contribution is 2.09. The molecule has 118 valence electrons. The first-order chi connectivity index (χ1) is 10.8. The summed E-state index contributed by atoms with van der Waals surface area (Å²) in [5, 5.41) is 2.88. The minimum Gasteiger partial charge on any atom is -0.375 e. The van der Waals surface area contributed by atoms with Crippen molar-refractivity contribution in [1.82, 2.24) is 10.2 Å². The van der Waals surface area contributed by atoms with Crippen LogP contribution in [-0.2, 0) is 9.53 Å². The number of ether oxygens (including phenoxy) is 1. The van der Waals surface area contributed by atoms with Crippen molar-refractivity contribution in [1.29, 1.82) is 0 Å². The summed E-state index contributed by atoms with van der Waals surface area (Å²) in [6.07, 6.45) is 7.61. The van der Waals surface area contributed by atoms with Crippen molar-refractivity contribution in [3.05, 3.63) is 53.6 Å². The number of hydrogen-bond donors (Lipinski definition) is 1. The van der Waals surface area contributed by atoms with E-state index >= 15 is 0 Å². The SMILES string of the molecule is COCC(=O)NCC1=CCCN(C/C=C/c2ccccc2)C1. The van der Waals surface area contributed by atoms with E-state index in [9.17, 15) is 4.79 Å². The molecule has 1 amide bonds. The van der Waals surface area contributed by atoms with Crippen molar-refractivity contribution < 1.29 is 9.53 Å². The van der Waals surface area contributed by atoms with Crippen molar-refractivity contribution in [3.8, 4) is 0 Å². The molecule has 22 heavy (non-hydrogen) atoms. The third-order valence-corrected chi connectivity index (χ3v) is 3.57. The lowest BCUT2D eigenvalue weighted by atomic mass is 10.1. The zero-order chi connectivity index (χ0) is 15.6. The number of benzene rings is 1. The van der Waals surface area contributed by atoms with E-state index in [-0.39, 0.29) is 12.5 Å². The third kappa shape index (κ3) is 5.84. The molecule has 0 aromatic heterocycles. The van der Waals surface area contributed by atoms with Crippen molar-refractivity contribution in [2.75, 3.05) is 39.9 Å². The van der Waals surface area contributed by atoms with Gasteiger partial charge >= 0.3 is 0 Å². The second-order valence-corrected chi connectivity index (χ2v) is 5.41. The highest BCUT2D eigenvalue weighted by molar-refractivity contribution is 5.77. The summed E-state index contributed by atoms with van der Waals surface area (Å²) in [6, 6.07) is 10.3. The van der Waals surface area contributed by atoms with Crippen LogP contribution in [0.3, 0.4) is 0 Å². The number of carbonyl (C=O) groups excluding carboxylic acids is 1. The zero-order valence-electron chi connectivity index (χ0n) is 13.1. The number of rotatable bonds is 7. The van der Waals surface area contributed by atoms with Gasteiger partial charge in [-0.1, -0.05) is 48.6 Å². The van der Waals surface area contributed by atoms with Gasteiger partial charge in [-0.15, -0.1) is 0 Å². The van der Waals surface area contributed by atoms with Crippen LogP contribution in [0.15, 0.2) is 48.1 Å². The molecule has 0 fully saturated rings. The molecular formula is C18H24N2O2. The van der Waals surface area contributed by atoms with Gasteiger partial charge in [-0.05, 0) is 17.6 Å². The molecule has 4 nitrogen and oxygen atoms in total. The molecule has 0 aliphatic carbocycles. The summed E-state index contributed by atoms with van der Waals surface area (Å²) in [4.78, 5) is 13.8. The molecular weight excluding hydrogens is 276 g/mol. The van der Waals surface area contributed by atoms with Crippen LogP contribution >= 0.6 is 0 Å². The molecule has 0 spiro atoms. The van der Waals surface area contributed by atoms with Gasteiger partial charge in [0.05, 0.1) is 0 Å². The zero-order valence-corrected chi connectivity index (χ0v) is 13.1. The van der Waals surface area contributed by atoms with E-state index in [1.165, 1.54) is 18.2 Å². The average molecular weight is 300 g/mol. The number of methoxy groups -OCH3 is 1. The first kappa shape index (κ1) is 16.5. The van der Waals surface area contributed by atoms with Crippen LogP contribution < -0.4 is 5.32 Å². The lowest BCUT2D eigenvalue weighted by Gasteiger charge is -2.26. The maximum Gasteiger partial charge on any atom is 0.246 e. The fourth-order valence-electron chi connectivity index (χ4n) is 2.46. The normalized spacial score (nSPS) is 15.8. The molecule has 1 N–H and O–H groups in total. The molecule has 1 aliphatic rings. The topological polar surface area (TPSA) is 41.6 Å². The molecule has 1 aromatic rings. The Balaban J connectivity index is 1.74. The highest BCUT2D eigenvalue weighted by atomic mass is 16.5. The Bertz CT molecular complexity index is 523. The van der Waals surface area contributed by atoms with Crippen molar-refractivity contribution in [2.24, 2.45) is 0 Å². The molecule has 0 bridgehead atoms. The van der Waals surface area contributed by atoms with Crippen LogP contribution in [0.2, 0.25) is 0 Å². The molecule has 0 radical (unpaired) electrons. The lowest BCUT2D eigenvalue weighted by Crippen LogP contribution is -2.36. The second-order valence-electron chi connectivity index (χ2n) is 5.41. The van der Waals surface area contributed by atoms with Crippen LogP contribution in [0.25, 0.3) is 6.08 Å². The van der Waals surface area contributed by atoms with Crippen molar-refractivity contribution in [3.63, 3.8) is 0 Å². The van der Waals surface area contributed by atoms with Crippen LogP contribution in [0.1, 0.15) is 12.0 Å². The molecule has 4 heteroatoms. The van der Waals surface area contributed by atoms with Crippen LogP contribution in [0.4, 0.5) is 0 Å². The molecule has 0 atom stereocenters. The van der Waals surface area contributed by atoms with Gasteiger partial charge in [0.2, 0.25) is 5.91 Å². The Hall–Kier alpha value is -1.91. The maximum absolute atomic E-state index is 11.4. The summed E-state index contributed by atoms with van der Waals surface area (Å²) in [6.45, 7) is 3.64. The average Bonchev–Trinajstić information content (AvgIpc) is 2.55. The van der Waals surface area contributed by atoms with Gasteiger partial charge in [0.15, 0.2) is 0 Å². The van der Waals surface area contributed by atoms with Crippen LogP contribution in [0, 0.1) is 0 Å². The Morgan fingerprint density at radius 3 is 2.95 bits per heavy atom. The first-order valence-corrected chi connectivity index (χ1v) is 7.65. The number of amides is 1. The number of hydrogen-bond acceptors (Lipinski definition) is 3. The summed E-state index contributed by atoms with van der Waals surface area (Å²) >= 11 is 0. The minimum absolute atomic E-state index is 0.0653. The Kier molecular flexibility index (Phi) is 6.87. The van der Waals surface area contributed by atoms with Crippen molar-refractivity contribution >= 4 is 12.0 Å². The predicted octanol–water partition coefficient (Wildman–Crippen LogP) is 2.09. The van der Waals surface area contributed by atoms with Gasteiger partial charge in [-0.2, -0.15) is 0 Å². The fraction of sp³-hybridized carbons (Fsp3) is 0.389. The van der Waals surface area contributed by atoms with Gasteiger partial charge in [-0.25, -0.2) is 0 Å². The standard InChI is InChI=1S/C18H24N2O2/c1-22-15-18(21)19-13-17-10-6-12-20(14-17)11-5-9-16-7-3-2-4-8-16/h2-5,7-10H,6,11-15H2,1H3,(H,19,21)/b9-5+. The lowest BCUT2D eigenvalue weighted by molar-refractivity contribution is -0.124. The van der Waals surface area contributed by atoms with Gasteiger partial charge in [0.25, 0.3) is 0 Å². The van der Waals surface area contributed by atoms with Gasteiger partial charge in [0.1, 0.15) is 6.61 Å². The Labute approximate surface area is 132 Å². The number of nitrogens with zero attached hydrogens (tertiary/aromatic N) is 1. The van der Waals surface area contributed by atoms with Gasteiger partial charge < -0.3 is 10.1 Å². The largest absolute Gasteiger partial charge is 0.375 e. The third-order valence-electron chi connectivity index (χ3n) is 3.57. The second kappa shape index (κ2) is 9.18. The van der Waals surface area contributed by atoms with Crippen LogP contribution in [0.5, 0.6) is 0 Å². The van der Waals surface area contributed by atoms with Gasteiger partial charge in [-0.3, -0.25) is 9.69 Å². The summed E-state index contributed by atoms with van der Waals surface area (Å²) in [5.74, 6) is -0.0653. The van der Waals surface area contributed by atoms with Crippen molar-refractivity contribution in [2.45, 2.75) is 6.42 Å². The molecule has 0 saturated carbocycles. The number of carbonyl (C=O) groups is 1. The minimum atomic E-state index is -0.0653. The quantitative estimate of drug-likeness (QED) is 0.784. The fourth-order valence-corrected chi connectivity index (χ4v) is 2.46. The van der Waals surface area contributed by atoms with E-state index in [1.54, 1.807) is 0 Å². The maximum atomic E-state index is 11.4. The monoisotopic (exact) mass is 300 g/mol. The van der Waals surface area contributed by atoms with E-state index < -0.39 is 0 Å². The Morgan fingerprint density at radius 2 is 2.18 bits per heavy atom. The first-order valence-electron chi connectivity index (χ1n) is 7.65. The van der Waals surface area contributed by atoms with E-state index in [1.807, 2.05) is 18.2 Å². The summed E-state index contributed by atoms with van der Waals surface area (Å²) < 4.78 is 4.81.